The number of nitrogens with zero attached hydrogens (tertiary/aromatic N) is 3. The summed E-state index contributed by atoms with van der Waals surface area (Å²) in [6, 6.07) is 26.6. The molecule has 0 saturated heterocycles. The molecule has 4 aromatic carbocycles. The van der Waals surface area contributed by atoms with Crippen LogP contribution in [0.25, 0.3) is 22.0 Å². The van der Waals surface area contributed by atoms with Gasteiger partial charge in [-0.1, -0.05) is 65.9 Å². The number of carbonyl (C=O) groups excluding carboxylic acids is 1. The summed E-state index contributed by atoms with van der Waals surface area (Å²) in [6.45, 7) is 1.07. The number of benzene rings is 4. The van der Waals surface area contributed by atoms with E-state index in [1.54, 1.807) is 0 Å². The Morgan fingerprint density at radius 1 is 0.923 bits per heavy atom. The lowest BCUT2D eigenvalue weighted by Crippen LogP contribution is -2.42. The van der Waals surface area contributed by atoms with E-state index in [9.17, 15) is 4.79 Å². The van der Waals surface area contributed by atoms with Gasteiger partial charge in [0.1, 0.15) is 18.1 Å². The fourth-order valence-corrected chi connectivity index (χ4v) is 5.99. The molecule has 2 aliphatic rings. The van der Waals surface area contributed by atoms with Crippen LogP contribution in [-0.2, 0) is 25.8 Å². The van der Waals surface area contributed by atoms with Crippen LogP contribution in [0.3, 0.4) is 0 Å². The van der Waals surface area contributed by atoms with E-state index in [1.807, 2.05) is 53.3 Å². The summed E-state index contributed by atoms with van der Waals surface area (Å²) in [7, 11) is 0. The molecule has 6 heteroatoms. The van der Waals surface area contributed by atoms with Crippen molar-refractivity contribution in [3.63, 3.8) is 0 Å². The molecule has 1 unspecified atom stereocenters. The highest BCUT2D eigenvalue weighted by Crippen LogP contribution is 2.32. The SMILES string of the molecule is O=C(NC1COc2ccc3ccccc3c2C1)c1ccc(Cn2cc(-c3cccc4c3CCCC4)nn2)cc1. The Kier molecular flexibility index (Phi) is 6.08. The zero-order valence-corrected chi connectivity index (χ0v) is 21.8. The third kappa shape index (κ3) is 4.67. The second-order valence-electron chi connectivity index (χ2n) is 10.6. The quantitative estimate of drug-likeness (QED) is 0.324. The lowest BCUT2D eigenvalue weighted by Gasteiger charge is -2.27. The molecule has 0 saturated carbocycles. The van der Waals surface area contributed by atoms with Crippen molar-refractivity contribution < 1.29 is 9.53 Å². The lowest BCUT2D eigenvalue weighted by molar-refractivity contribution is 0.0915. The third-order valence-electron chi connectivity index (χ3n) is 7.99. The first-order valence-corrected chi connectivity index (χ1v) is 13.8. The minimum atomic E-state index is -0.0873. The minimum Gasteiger partial charge on any atom is -0.491 e. The molecule has 194 valence electrons. The van der Waals surface area contributed by atoms with Crippen LogP contribution >= 0.6 is 0 Å². The summed E-state index contributed by atoms with van der Waals surface area (Å²) in [5, 5.41) is 14.4. The first-order valence-electron chi connectivity index (χ1n) is 13.8. The predicted molar refractivity (Wildman–Crippen MR) is 152 cm³/mol. The van der Waals surface area contributed by atoms with Crippen molar-refractivity contribution >= 4 is 16.7 Å². The van der Waals surface area contributed by atoms with Gasteiger partial charge in [0, 0.05) is 23.1 Å². The van der Waals surface area contributed by atoms with E-state index >= 15 is 0 Å². The molecule has 0 bridgehead atoms. The Bertz CT molecular complexity index is 1670. The van der Waals surface area contributed by atoms with Crippen molar-refractivity contribution in [2.75, 3.05) is 6.61 Å². The second-order valence-corrected chi connectivity index (χ2v) is 10.6. The number of rotatable bonds is 5. The molecule has 5 aromatic rings. The van der Waals surface area contributed by atoms with Crippen LogP contribution in [0.15, 0.2) is 85.1 Å². The van der Waals surface area contributed by atoms with Crippen LogP contribution in [0.2, 0.25) is 0 Å². The Hall–Kier alpha value is -4.45. The number of fused-ring (bicyclic) bond motifs is 4. The first kappa shape index (κ1) is 23.7. The zero-order valence-electron chi connectivity index (χ0n) is 21.8. The smallest absolute Gasteiger partial charge is 0.251 e. The van der Waals surface area contributed by atoms with Crippen molar-refractivity contribution in [3.05, 3.63) is 113 Å². The van der Waals surface area contributed by atoms with E-state index < -0.39 is 0 Å². The van der Waals surface area contributed by atoms with Crippen molar-refractivity contribution in [1.29, 1.82) is 0 Å². The molecule has 1 aromatic heterocycles. The maximum atomic E-state index is 13.0. The molecule has 1 N–H and O–H groups in total. The molecular weight excluding hydrogens is 484 g/mol. The Morgan fingerprint density at radius 2 is 1.79 bits per heavy atom. The second kappa shape index (κ2) is 10.0. The van der Waals surface area contributed by atoms with Crippen molar-refractivity contribution in [1.82, 2.24) is 20.3 Å². The monoisotopic (exact) mass is 514 g/mol. The van der Waals surface area contributed by atoms with Crippen LogP contribution in [0.4, 0.5) is 0 Å². The van der Waals surface area contributed by atoms with Gasteiger partial charge in [-0.2, -0.15) is 0 Å². The normalized spacial score (nSPS) is 16.3. The zero-order chi connectivity index (χ0) is 26.2. The summed E-state index contributed by atoms with van der Waals surface area (Å²) in [6.07, 6.45) is 7.52. The Labute approximate surface area is 227 Å². The van der Waals surface area contributed by atoms with Crippen molar-refractivity contribution in [2.24, 2.45) is 0 Å². The number of hydrogen-bond donors (Lipinski definition) is 1. The van der Waals surface area contributed by atoms with Gasteiger partial charge >= 0.3 is 0 Å². The van der Waals surface area contributed by atoms with Crippen LogP contribution in [0.1, 0.15) is 45.5 Å². The average molecular weight is 515 g/mol. The largest absolute Gasteiger partial charge is 0.491 e. The third-order valence-corrected chi connectivity index (χ3v) is 7.99. The maximum absolute atomic E-state index is 13.0. The van der Waals surface area contributed by atoms with Gasteiger partial charge < -0.3 is 10.1 Å². The topological polar surface area (TPSA) is 69.0 Å². The van der Waals surface area contributed by atoms with Gasteiger partial charge in [-0.3, -0.25) is 4.79 Å². The van der Waals surface area contributed by atoms with E-state index in [4.69, 9.17) is 4.74 Å². The van der Waals surface area contributed by atoms with Crippen LogP contribution in [-0.4, -0.2) is 33.5 Å². The first-order chi connectivity index (χ1) is 19.2. The molecular formula is C33H30N4O2. The molecule has 2 heterocycles. The number of nitrogens with one attached hydrogen (secondary N) is 1. The van der Waals surface area contributed by atoms with E-state index in [1.165, 1.54) is 40.3 Å². The minimum absolute atomic E-state index is 0.0761. The molecule has 1 amide bonds. The van der Waals surface area contributed by atoms with Gasteiger partial charge in [0.05, 0.1) is 18.8 Å². The van der Waals surface area contributed by atoms with Crippen molar-refractivity contribution in [2.45, 2.75) is 44.7 Å². The summed E-state index contributed by atoms with van der Waals surface area (Å²) in [5.74, 6) is 0.822. The fraction of sp³-hybridized carbons (Fsp3) is 0.242. The van der Waals surface area contributed by atoms with Crippen LogP contribution in [0, 0.1) is 0 Å². The Morgan fingerprint density at radius 3 is 2.72 bits per heavy atom. The number of aryl methyl sites for hydroxylation is 1. The van der Waals surface area contributed by atoms with Crippen LogP contribution < -0.4 is 10.1 Å². The van der Waals surface area contributed by atoms with E-state index in [-0.39, 0.29) is 11.9 Å². The summed E-state index contributed by atoms with van der Waals surface area (Å²) in [5.41, 5.74) is 7.85. The number of ether oxygens (including phenoxy) is 1. The van der Waals surface area contributed by atoms with Gasteiger partial charge in [0.15, 0.2) is 0 Å². The number of carbonyl (C=O) groups is 1. The fourth-order valence-electron chi connectivity index (χ4n) is 5.99. The number of amides is 1. The van der Waals surface area contributed by atoms with Gasteiger partial charge in [-0.05, 0) is 71.3 Å². The highest BCUT2D eigenvalue weighted by molar-refractivity contribution is 5.94. The predicted octanol–water partition coefficient (Wildman–Crippen LogP) is 5.76. The molecule has 0 radical (unpaired) electrons. The summed E-state index contributed by atoms with van der Waals surface area (Å²) in [4.78, 5) is 13.0. The molecule has 1 aliphatic carbocycles. The molecule has 1 aliphatic heterocycles. The van der Waals surface area contributed by atoms with Crippen molar-refractivity contribution in [3.8, 4) is 17.0 Å². The molecule has 39 heavy (non-hydrogen) atoms. The molecule has 6 nitrogen and oxygen atoms in total. The average Bonchev–Trinajstić information content (AvgIpc) is 3.45. The highest BCUT2D eigenvalue weighted by atomic mass is 16.5. The van der Waals surface area contributed by atoms with Gasteiger partial charge in [0.2, 0.25) is 0 Å². The van der Waals surface area contributed by atoms with E-state index in [2.05, 4.69) is 52.0 Å². The highest BCUT2D eigenvalue weighted by Gasteiger charge is 2.23. The summed E-state index contributed by atoms with van der Waals surface area (Å²) >= 11 is 0. The molecule has 1 atom stereocenters. The van der Waals surface area contributed by atoms with E-state index in [0.29, 0.717) is 18.7 Å². The maximum Gasteiger partial charge on any atom is 0.251 e. The molecule has 7 rings (SSSR count). The standard InChI is InChI=1S/C33H30N4O2/c38-33(34-26-18-30-28-10-4-2-7-24(28)16-17-32(30)39-21-26)25-14-12-22(13-15-25)19-37-20-31(35-36-37)29-11-5-8-23-6-1-3-9-27(23)29/h2,4-5,7-8,10-17,20,26H,1,3,6,9,18-19,21H2,(H,34,38). The van der Waals surface area contributed by atoms with Crippen LogP contribution in [0.5, 0.6) is 5.75 Å². The van der Waals surface area contributed by atoms with Gasteiger partial charge in [-0.15, -0.1) is 5.10 Å². The van der Waals surface area contributed by atoms with Gasteiger partial charge in [0.25, 0.3) is 5.91 Å². The number of hydrogen-bond acceptors (Lipinski definition) is 4. The molecule has 0 spiro atoms. The lowest BCUT2D eigenvalue weighted by atomic mass is 9.87. The van der Waals surface area contributed by atoms with E-state index in [0.717, 1.165) is 41.8 Å². The summed E-state index contributed by atoms with van der Waals surface area (Å²) < 4.78 is 7.87. The van der Waals surface area contributed by atoms with Gasteiger partial charge in [-0.25, -0.2) is 4.68 Å². The molecule has 0 fully saturated rings. The Balaban J connectivity index is 1.01. The number of aromatic nitrogens is 3.